The molecule has 336 valence electrons. The first-order chi connectivity index (χ1) is 30.7. The average molecular weight is 927 g/mol. The Morgan fingerprint density at radius 1 is 0.547 bits per heavy atom. The van der Waals surface area contributed by atoms with E-state index < -0.39 is 43.6 Å². The van der Waals surface area contributed by atoms with Gasteiger partial charge in [0.15, 0.2) is 0 Å². The third-order valence-corrected chi connectivity index (χ3v) is 14.5. The highest BCUT2D eigenvalue weighted by atomic mass is 32.2. The molecule has 0 bridgehead atoms. The monoisotopic (exact) mass is 926 g/mol. The standard InChI is InChI=1S/C50H52F2N2O7S3/c1-35-29-44(51)42(39-21-10-7-11-22-39)33-46(35)53-63(57,58)40-23-14-19-37(31-40)17-8-3-5-12-26-49(55)61-50(56)27-13-6-4-9-18-38-20-15-24-41(32-38)64(59,60)54-47-34-43(45(52)30-36(47)2)48-25-16-28-62-48/h7,10-11,14-16,19-25,28-34,53-54H,3-6,8-9,12-13,17-18,26-27H2,1-2H3. The largest absolute Gasteiger partial charge is 0.393 e. The minimum atomic E-state index is -3.95. The third kappa shape index (κ3) is 13.4. The average Bonchev–Trinajstić information content (AvgIpc) is 3.81. The van der Waals surface area contributed by atoms with Crippen molar-refractivity contribution in [3.63, 3.8) is 0 Å². The number of halogens is 2. The SMILES string of the molecule is Cc1cc(F)c(-c2ccccc2)cc1NS(=O)(=O)c1cccc(CCCCCCC(=O)OC(=O)CCCCCCc2cccc(S(=O)(=O)Nc3cc(-c4cccs4)c(F)cc3C)c2)c1. The Balaban J connectivity index is 0.846. The van der Waals surface area contributed by atoms with Gasteiger partial charge in [-0.3, -0.25) is 19.0 Å². The first kappa shape index (κ1) is 47.8. The molecule has 64 heavy (non-hydrogen) atoms. The van der Waals surface area contributed by atoms with E-state index in [1.165, 1.54) is 47.7 Å². The summed E-state index contributed by atoms with van der Waals surface area (Å²) in [7, 11) is -7.88. The molecule has 0 radical (unpaired) electrons. The highest BCUT2D eigenvalue weighted by molar-refractivity contribution is 7.93. The van der Waals surface area contributed by atoms with Gasteiger partial charge in [-0.05, 0) is 140 Å². The zero-order valence-corrected chi connectivity index (χ0v) is 38.3. The van der Waals surface area contributed by atoms with E-state index >= 15 is 0 Å². The molecule has 0 amide bonds. The summed E-state index contributed by atoms with van der Waals surface area (Å²) >= 11 is 1.37. The van der Waals surface area contributed by atoms with Crippen LogP contribution in [-0.4, -0.2) is 28.8 Å². The van der Waals surface area contributed by atoms with E-state index in [-0.39, 0.29) is 22.6 Å². The van der Waals surface area contributed by atoms with Gasteiger partial charge in [-0.2, -0.15) is 0 Å². The lowest BCUT2D eigenvalue weighted by Gasteiger charge is -2.14. The number of carbonyl (C=O) groups is 2. The van der Waals surface area contributed by atoms with Crippen LogP contribution in [0.4, 0.5) is 20.2 Å². The smallest absolute Gasteiger partial charge is 0.313 e. The molecule has 5 aromatic carbocycles. The molecule has 0 atom stereocenters. The van der Waals surface area contributed by atoms with E-state index in [1.54, 1.807) is 68.4 Å². The fraction of sp³-hybridized carbons (Fsp3) is 0.280. The van der Waals surface area contributed by atoms with Crippen LogP contribution in [0.15, 0.2) is 130 Å². The van der Waals surface area contributed by atoms with Crippen LogP contribution in [0.1, 0.15) is 86.5 Å². The first-order valence-corrected chi connectivity index (χ1v) is 25.2. The Hall–Kier alpha value is -5.70. The highest BCUT2D eigenvalue weighted by Crippen LogP contribution is 2.33. The maximum atomic E-state index is 14.8. The fourth-order valence-electron chi connectivity index (χ4n) is 7.30. The zero-order valence-electron chi connectivity index (χ0n) is 35.9. The second-order valence-corrected chi connectivity index (χ2v) is 20.1. The van der Waals surface area contributed by atoms with Gasteiger partial charge in [0.05, 0.1) is 21.2 Å². The van der Waals surface area contributed by atoms with E-state index in [1.807, 2.05) is 29.6 Å². The second kappa shape index (κ2) is 22.3. The van der Waals surface area contributed by atoms with Gasteiger partial charge >= 0.3 is 11.9 Å². The maximum Gasteiger partial charge on any atom is 0.313 e. The summed E-state index contributed by atoms with van der Waals surface area (Å²) in [6, 6.07) is 31.7. The summed E-state index contributed by atoms with van der Waals surface area (Å²) in [4.78, 5) is 25.5. The van der Waals surface area contributed by atoms with Gasteiger partial charge in [0.2, 0.25) is 0 Å². The van der Waals surface area contributed by atoms with E-state index in [9.17, 15) is 35.2 Å². The van der Waals surface area contributed by atoms with Crippen molar-refractivity contribution in [2.45, 2.75) is 101 Å². The lowest BCUT2D eigenvalue weighted by Crippen LogP contribution is -2.14. The van der Waals surface area contributed by atoms with Crippen LogP contribution in [-0.2, 0) is 47.2 Å². The number of nitrogens with one attached hydrogen (secondary N) is 2. The second-order valence-electron chi connectivity index (χ2n) is 15.8. The van der Waals surface area contributed by atoms with Gasteiger partial charge in [-0.1, -0.05) is 86.3 Å². The Bertz CT molecular complexity index is 2780. The number of thiophene rings is 1. The Morgan fingerprint density at radius 2 is 1.03 bits per heavy atom. The van der Waals surface area contributed by atoms with Crippen molar-refractivity contribution in [1.29, 1.82) is 0 Å². The topological polar surface area (TPSA) is 136 Å². The molecule has 0 aliphatic heterocycles. The molecule has 14 heteroatoms. The number of esters is 2. The normalized spacial score (nSPS) is 11.6. The van der Waals surface area contributed by atoms with Crippen molar-refractivity contribution >= 4 is 54.7 Å². The van der Waals surface area contributed by atoms with E-state index in [4.69, 9.17) is 4.74 Å². The van der Waals surface area contributed by atoms with Crippen molar-refractivity contribution in [3.8, 4) is 21.6 Å². The van der Waals surface area contributed by atoms with Crippen LogP contribution in [0.25, 0.3) is 21.6 Å². The number of rotatable bonds is 22. The number of carbonyl (C=O) groups excluding carboxylic acids is 2. The Labute approximate surface area is 379 Å². The molecule has 0 unspecified atom stereocenters. The fourth-order valence-corrected chi connectivity index (χ4v) is 10.4. The summed E-state index contributed by atoms with van der Waals surface area (Å²) in [6.07, 6.45) is 7.32. The quantitative estimate of drug-likeness (QED) is 0.0393. The minimum Gasteiger partial charge on any atom is -0.393 e. The zero-order chi connectivity index (χ0) is 45.7. The minimum absolute atomic E-state index is 0.108. The van der Waals surface area contributed by atoms with Crippen molar-refractivity contribution in [3.05, 3.63) is 155 Å². The van der Waals surface area contributed by atoms with E-state index in [0.29, 0.717) is 69.8 Å². The Morgan fingerprint density at radius 3 is 1.53 bits per heavy atom. The molecule has 0 saturated carbocycles. The molecule has 6 rings (SSSR count). The molecule has 0 fully saturated rings. The van der Waals surface area contributed by atoms with Gasteiger partial charge in [0.25, 0.3) is 20.0 Å². The lowest BCUT2D eigenvalue weighted by atomic mass is 10.0. The molecule has 0 saturated heterocycles. The van der Waals surface area contributed by atoms with Gasteiger partial charge < -0.3 is 4.74 Å². The number of benzene rings is 5. The van der Waals surface area contributed by atoms with Gasteiger partial charge in [0, 0.05) is 28.8 Å². The lowest BCUT2D eigenvalue weighted by molar-refractivity contribution is -0.159. The summed E-state index contributed by atoms with van der Waals surface area (Å²) in [5, 5.41) is 1.83. The van der Waals surface area contributed by atoms with E-state index in [0.717, 1.165) is 49.7 Å². The number of anilines is 2. The number of unbranched alkanes of at least 4 members (excludes halogenated alkanes) is 6. The molecule has 6 aromatic rings. The molecule has 1 heterocycles. The maximum absolute atomic E-state index is 14.8. The summed E-state index contributed by atoms with van der Waals surface area (Å²) in [5.41, 5.74) is 4.53. The number of hydrogen-bond acceptors (Lipinski definition) is 8. The molecular formula is C50H52F2N2O7S3. The van der Waals surface area contributed by atoms with Crippen LogP contribution in [0, 0.1) is 25.5 Å². The number of aryl methyl sites for hydroxylation is 4. The number of sulfonamides is 2. The van der Waals surface area contributed by atoms with Crippen molar-refractivity contribution in [2.75, 3.05) is 9.44 Å². The van der Waals surface area contributed by atoms with Crippen molar-refractivity contribution < 1.29 is 39.9 Å². The molecular weight excluding hydrogens is 875 g/mol. The summed E-state index contributed by atoms with van der Waals surface area (Å²) in [6.45, 7) is 3.31. The number of ether oxygens (including phenoxy) is 1. The summed E-state index contributed by atoms with van der Waals surface area (Å²) < 4.78 is 93.1. The van der Waals surface area contributed by atoms with Crippen molar-refractivity contribution in [1.82, 2.24) is 0 Å². The van der Waals surface area contributed by atoms with Crippen LogP contribution >= 0.6 is 11.3 Å². The van der Waals surface area contributed by atoms with Crippen molar-refractivity contribution in [2.24, 2.45) is 0 Å². The molecule has 1 aromatic heterocycles. The summed E-state index contributed by atoms with van der Waals surface area (Å²) in [5.74, 6) is -1.96. The first-order valence-electron chi connectivity index (χ1n) is 21.3. The van der Waals surface area contributed by atoms with Crippen LogP contribution < -0.4 is 9.44 Å². The molecule has 9 nitrogen and oxygen atoms in total. The highest BCUT2D eigenvalue weighted by Gasteiger charge is 2.20. The third-order valence-electron chi connectivity index (χ3n) is 10.8. The van der Waals surface area contributed by atoms with E-state index in [2.05, 4.69) is 9.44 Å². The molecule has 2 N–H and O–H groups in total. The Kier molecular flexibility index (Phi) is 16.6. The van der Waals surface area contributed by atoms with Gasteiger partial charge in [-0.15, -0.1) is 11.3 Å². The number of hydrogen-bond donors (Lipinski definition) is 2. The molecule has 0 aliphatic rings. The van der Waals surface area contributed by atoms with Gasteiger partial charge in [-0.25, -0.2) is 25.6 Å². The molecule has 0 spiro atoms. The van der Waals surface area contributed by atoms with Crippen LogP contribution in [0.3, 0.4) is 0 Å². The predicted octanol–water partition coefficient (Wildman–Crippen LogP) is 12.3. The van der Waals surface area contributed by atoms with Crippen LogP contribution in [0.5, 0.6) is 0 Å². The predicted molar refractivity (Wildman–Crippen MR) is 250 cm³/mol. The van der Waals surface area contributed by atoms with Gasteiger partial charge in [0.1, 0.15) is 11.6 Å². The molecule has 0 aliphatic carbocycles. The van der Waals surface area contributed by atoms with Crippen LogP contribution in [0.2, 0.25) is 0 Å².